The summed E-state index contributed by atoms with van der Waals surface area (Å²) in [5.41, 5.74) is 0.171. The summed E-state index contributed by atoms with van der Waals surface area (Å²) in [7, 11) is -3.16. The van der Waals surface area contributed by atoms with Crippen molar-refractivity contribution in [2.75, 3.05) is 18.8 Å². The van der Waals surface area contributed by atoms with Crippen molar-refractivity contribution in [3.63, 3.8) is 0 Å². The number of hydrogen-bond donors (Lipinski definition) is 2. The molecule has 0 radical (unpaired) electrons. The monoisotopic (exact) mass is 331 g/mol. The standard InChI is InChI=1S/C15H29N3O3S/c1-4-22(20,21)17-12-7-10-18(11-8-12)14(19)16-13-6-5-9-15(13,2)3/h12-13,17H,4-11H2,1-3H3,(H,16,19). The average molecular weight is 331 g/mol. The Morgan fingerprint density at radius 2 is 1.86 bits per heavy atom. The topological polar surface area (TPSA) is 78.5 Å². The van der Waals surface area contributed by atoms with Crippen LogP contribution in [-0.2, 0) is 10.0 Å². The van der Waals surface area contributed by atoms with Crippen molar-refractivity contribution in [1.29, 1.82) is 0 Å². The van der Waals surface area contributed by atoms with E-state index in [1.165, 1.54) is 6.42 Å². The van der Waals surface area contributed by atoms with Crippen LogP contribution in [0.5, 0.6) is 0 Å². The molecule has 22 heavy (non-hydrogen) atoms. The fourth-order valence-corrected chi connectivity index (χ4v) is 4.28. The summed E-state index contributed by atoms with van der Waals surface area (Å²) in [6, 6.07) is 0.199. The second-order valence-electron chi connectivity index (χ2n) is 7.17. The first-order valence-electron chi connectivity index (χ1n) is 8.29. The maximum atomic E-state index is 12.4. The molecule has 1 saturated heterocycles. The SMILES string of the molecule is CCS(=O)(=O)NC1CCN(C(=O)NC2CCCC2(C)C)CC1. The lowest BCUT2D eigenvalue weighted by atomic mass is 9.87. The number of piperidine rings is 1. The fourth-order valence-electron chi connectivity index (χ4n) is 3.37. The Hall–Kier alpha value is -0.820. The van der Waals surface area contributed by atoms with Gasteiger partial charge < -0.3 is 10.2 Å². The van der Waals surface area contributed by atoms with E-state index < -0.39 is 10.0 Å². The Morgan fingerprint density at radius 1 is 1.23 bits per heavy atom. The molecule has 128 valence electrons. The third kappa shape index (κ3) is 4.35. The summed E-state index contributed by atoms with van der Waals surface area (Å²) in [5, 5.41) is 3.16. The summed E-state index contributed by atoms with van der Waals surface area (Å²) in [5.74, 6) is 0.102. The minimum Gasteiger partial charge on any atom is -0.335 e. The highest BCUT2D eigenvalue weighted by Gasteiger charge is 2.36. The van der Waals surface area contributed by atoms with E-state index in [-0.39, 0.29) is 29.3 Å². The maximum absolute atomic E-state index is 12.4. The first-order chi connectivity index (χ1) is 10.2. The number of carbonyl (C=O) groups is 1. The Bertz CT molecular complexity index is 496. The molecular weight excluding hydrogens is 302 g/mol. The number of carbonyl (C=O) groups excluding carboxylic acids is 1. The molecule has 2 fully saturated rings. The van der Waals surface area contributed by atoms with Crippen molar-refractivity contribution >= 4 is 16.1 Å². The minimum atomic E-state index is -3.16. The molecule has 0 spiro atoms. The molecule has 2 rings (SSSR count). The predicted octanol–water partition coefficient (Wildman–Crippen LogP) is 1.68. The van der Waals surface area contributed by atoms with Gasteiger partial charge in [-0.3, -0.25) is 0 Å². The lowest BCUT2D eigenvalue weighted by molar-refractivity contribution is 0.167. The van der Waals surface area contributed by atoms with Gasteiger partial charge in [0, 0.05) is 25.2 Å². The molecule has 2 N–H and O–H groups in total. The van der Waals surface area contributed by atoms with E-state index in [0.717, 1.165) is 12.8 Å². The molecule has 2 amide bonds. The van der Waals surface area contributed by atoms with Gasteiger partial charge in [-0.25, -0.2) is 17.9 Å². The van der Waals surface area contributed by atoms with Crippen LogP contribution in [0.4, 0.5) is 4.79 Å². The molecule has 6 nitrogen and oxygen atoms in total. The summed E-state index contributed by atoms with van der Waals surface area (Å²) in [6.45, 7) is 7.26. The highest BCUT2D eigenvalue weighted by atomic mass is 32.2. The summed E-state index contributed by atoms with van der Waals surface area (Å²) in [6.07, 6.45) is 4.73. The lowest BCUT2D eigenvalue weighted by Crippen LogP contribution is -2.52. The zero-order chi connectivity index (χ0) is 16.4. The molecule has 7 heteroatoms. The Balaban J connectivity index is 1.80. The highest BCUT2D eigenvalue weighted by molar-refractivity contribution is 7.89. The first-order valence-corrected chi connectivity index (χ1v) is 9.94. The third-order valence-electron chi connectivity index (χ3n) is 5.06. The summed E-state index contributed by atoms with van der Waals surface area (Å²) < 4.78 is 25.9. The van der Waals surface area contributed by atoms with Gasteiger partial charge >= 0.3 is 6.03 Å². The molecular formula is C15H29N3O3S. The van der Waals surface area contributed by atoms with Crippen molar-refractivity contribution in [3.8, 4) is 0 Å². The number of rotatable bonds is 4. The molecule has 1 atom stereocenters. The molecule has 1 unspecified atom stereocenters. The third-order valence-corrected chi connectivity index (χ3v) is 6.52. The molecule has 1 heterocycles. The van der Waals surface area contributed by atoms with Crippen molar-refractivity contribution < 1.29 is 13.2 Å². The number of amides is 2. The van der Waals surface area contributed by atoms with E-state index in [1.54, 1.807) is 6.92 Å². The molecule has 0 aromatic carbocycles. The maximum Gasteiger partial charge on any atom is 0.317 e. The van der Waals surface area contributed by atoms with Crippen molar-refractivity contribution in [3.05, 3.63) is 0 Å². The quantitative estimate of drug-likeness (QED) is 0.822. The molecule has 0 aromatic heterocycles. The van der Waals surface area contributed by atoms with Crippen molar-refractivity contribution in [2.45, 2.75) is 65.0 Å². The summed E-state index contributed by atoms with van der Waals surface area (Å²) >= 11 is 0. The van der Waals surface area contributed by atoms with E-state index in [4.69, 9.17) is 0 Å². The fraction of sp³-hybridized carbons (Fsp3) is 0.933. The number of nitrogens with one attached hydrogen (secondary N) is 2. The first kappa shape index (κ1) is 17.5. The van der Waals surface area contributed by atoms with Crippen LogP contribution < -0.4 is 10.0 Å². The lowest BCUT2D eigenvalue weighted by Gasteiger charge is -2.35. The van der Waals surface area contributed by atoms with E-state index >= 15 is 0 Å². The summed E-state index contributed by atoms with van der Waals surface area (Å²) in [4.78, 5) is 14.2. The van der Waals surface area contributed by atoms with Crippen LogP contribution in [0.1, 0.15) is 52.9 Å². The van der Waals surface area contributed by atoms with Gasteiger partial charge in [0.05, 0.1) is 5.75 Å². The van der Waals surface area contributed by atoms with Crippen LogP contribution in [0, 0.1) is 5.41 Å². The number of likely N-dealkylation sites (tertiary alicyclic amines) is 1. The smallest absolute Gasteiger partial charge is 0.317 e. The van der Waals surface area contributed by atoms with Gasteiger partial charge in [-0.05, 0) is 38.0 Å². The van der Waals surface area contributed by atoms with Crippen LogP contribution in [0.15, 0.2) is 0 Å². The van der Waals surface area contributed by atoms with Crippen LogP contribution in [0.2, 0.25) is 0 Å². The van der Waals surface area contributed by atoms with Crippen LogP contribution in [-0.4, -0.2) is 50.3 Å². The second kappa shape index (κ2) is 6.74. The highest BCUT2D eigenvalue weighted by Crippen LogP contribution is 2.37. The number of urea groups is 1. The number of sulfonamides is 1. The molecule has 1 aliphatic carbocycles. The van der Waals surface area contributed by atoms with Crippen LogP contribution >= 0.6 is 0 Å². The largest absolute Gasteiger partial charge is 0.335 e. The second-order valence-corrected chi connectivity index (χ2v) is 9.21. The van der Waals surface area contributed by atoms with Gasteiger partial charge in [-0.2, -0.15) is 0 Å². The molecule has 1 aliphatic heterocycles. The Labute approximate surface area is 134 Å². The van der Waals surface area contributed by atoms with E-state index in [0.29, 0.717) is 25.9 Å². The normalized spacial score (nSPS) is 26.1. The van der Waals surface area contributed by atoms with Crippen molar-refractivity contribution in [1.82, 2.24) is 14.9 Å². The van der Waals surface area contributed by atoms with E-state index in [1.807, 2.05) is 4.90 Å². The number of hydrogen-bond acceptors (Lipinski definition) is 3. The van der Waals surface area contributed by atoms with Gasteiger partial charge in [0.15, 0.2) is 0 Å². The molecule has 0 bridgehead atoms. The number of nitrogens with zero attached hydrogens (tertiary/aromatic N) is 1. The van der Waals surface area contributed by atoms with Gasteiger partial charge in [0.1, 0.15) is 0 Å². The van der Waals surface area contributed by atoms with Gasteiger partial charge in [0.2, 0.25) is 10.0 Å². The van der Waals surface area contributed by atoms with Gasteiger partial charge in [-0.1, -0.05) is 20.3 Å². The van der Waals surface area contributed by atoms with E-state index in [2.05, 4.69) is 23.9 Å². The Morgan fingerprint density at radius 3 is 2.36 bits per heavy atom. The zero-order valence-corrected chi connectivity index (χ0v) is 14.7. The predicted molar refractivity (Wildman–Crippen MR) is 87.1 cm³/mol. The van der Waals surface area contributed by atoms with Crippen LogP contribution in [0.3, 0.4) is 0 Å². The minimum absolute atomic E-state index is 0.00299. The average Bonchev–Trinajstić information content (AvgIpc) is 2.78. The van der Waals surface area contributed by atoms with E-state index in [9.17, 15) is 13.2 Å². The Kier molecular flexibility index (Phi) is 5.37. The van der Waals surface area contributed by atoms with Gasteiger partial charge in [0.25, 0.3) is 0 Å². The molecule has 0 aromatic rings. The van der Waals surface area contributed by atoms with Crippen LogP contribution in [0.25, 0.3) is 0 Å². The van der Waals surface area contributed by atoms with Crippen molar-refractivity contribution in [2.24, 2.45) is 5.41 Å². The zero-order valence-electron chi connectivity index (χ0n) is 13.9. The molecule has 1 saturated carbocycles. The molecule has 2 aliphatic rings. The van der Waals surface area contributed by atoms with Gasteiger partial charge in [-0.15, -0.1) is 0 Å².